The average molecular weight is 333 g/mol. The molecule has 5 nitrogen and oxygen atoms in total. The number of ether oxygens (including phenoxy) is 1. The molecule has 0 radical (unpaired) electrons. The standard InChI is InChI=1S/C18H24FN3O2/c19-14-5-3-13(4-6-14)15-11-16(21-20-15)17(23)22-9-10-24-18(12-22)7-1-2-8-18/h3-6,15-16,20-21H,1-2,7-12H2. The Morgan fingerprint density at radius 3 is 2.71 bits per heavy atom. The van der Waals surface area contributed by atoms with E-state index < -0.39 is 0 Å². The summed E-state index contributed by atoms with van der Waals surface area (Å²) in [6.07, 6.45) is 5.18. The van der Waals surface area contributed by atoms with Gasteiger partial charge in [0.1, 0.15) is 11.9 Å². The average Bonchev–Trinajstić information content (AvgIpc) is 3.25. The summed E-state index contributed by atoms with van der Waals surface area (Å²) in [6, 6.07) is 6.24. The number of nitrogens with one attached hydrogen (secondary N) is 2. The van der Waals surface area contributed by atoms with Crippen molar-refractivity contribution >= 4 is 5.91 Å². The molecule has 1 amide bonds. The Hall–Kier alpha value is -1.50. The SMILES string of the molecule is O=C(C1CC(c2ccc(F)cc2)NN1)N1CCOC2(CCCC2)C1. The highest BCUT2D eigenvalue weighted by molar-refractivity contribution is 5.82. The first-order valence-electron chi connectivity index (χ1n) is 8.85. The summed E-state index contributed by atoms with van der Waals surface area (Å²) in [4.78, 5) is 14.8. The third kappa shape index (κ3) is 3.06. The number of hydrogen-bond acceptors (Lipinski definition) is 4. The number of carbonyl (C=O) groups is 1. The minimum Gasteiger partial charge on any atom is -0.371 e. The van der Waals surface area contributed by atoms with Crippen molar-refractivity contribution in [3.05, 3.63) is 35.6 Å². The molecule has 2 N–H and O–H groups in total. The Kier molecular flexibility index (Phi) is 4.28. The van der Waals surface area contributed by atoms with Crippen LogP contribution in [0.5, 0.6) is 0 Å². The van der Waals surface area contributed by atoms with E-state index in [0.717, 1.165) is 18.4 Å². The van der Waals surface area contributed by atoms with Gasteiger partial charge in [-0.15, -0.1) is 0 Å². The van der Waals surface area contributed by atoms with Gasteiger partial charge in [0.25, 0.3) is 0 Å². The molecule has 2 saturated heterocycles. The van der Waals surface area contributed by atoms with Gasteiger partial charge in [0.2, 0.25) is 5.91 Å². The molecule has 3 aliphatic rings. The summed E-state index contributed by atoms with van der Waals surface area (Å²) in [5, 5.41) is 0. The lowest BCUT2D eigenvalue weighted by Crippen LogP contribution is -2.56. The van der Waals surface area contributed by atoms with Crippen LogP contribution < -0.4 is 10.9 Å². The van der Waals surface area contributed by atoms with E-state index >= 15 is 0 Å². The van der Waals surface area contributed by atoms with Crippen LogP contribution in [0.4, 0.5) is 4.39 Å². The van der Waals surface area contributed by atoms with Gasteiger partial charge in [0, 0.05) is 19.1 Å². The van der Waals surface area contributed by atoms with Crippen LogP contribution in [0.2, 0.25) is 0 Å². The van der Waals surface area contributed by atoms with Crippen LogP contribution in [0.15, 0.2) is 24.3 Å². The predicted molar refractivity (Wildman–Crippen MR) is 87.5 cm³/mol. The highest BCUT2D eigenvalue weighted by Gasteiger charge is 2.42. The molecule has 2 atom stereocenters. The molecule has 6 heteroatoms. The fourth-order valence-corrected chi connectivity index (χ4v) is 4.21. The van der Waals surface area contributed by atoms with Crippen molar-refractivity contribution in [1.29, 1.82) is 0 Å². The van der Waals surface area contributed by atoms with E-state index in [2.05, 4.69) is 10.9 Å². The number of nitrogens with zero attached hydrogens (tertiary/aromatic N) is 1. The van der Waals surface area contributed by atoms with Crippen molar-refractivity contribution in [2.75, 3.05) is 19.7 Å². The van der Waals surface area contributed by atoms with Gasteiger partial charge in [0.05, 0.1) is 12.2 Å². The van der Waals surface area contributed by atoms with Gasteiger partial charge in [-0.05, 0) is 37.0 Å². The maximum atomic E-state index is 13.1. The topological polar surface area (TPSA) is 53.6 Å². The molecule has 4 rings (SSSR count). The molecule has 0 bridgehead atoms. The van der Waals surface area contributed by atoms with Gasteiger partial charge in [-0.25, -0.2) is 15.2 Å². The quantitative estimate of drug-likeness (QED) is 0.868. The zero-order valence-corrected chi connectivity index (χ0v) is 13.8. The zero-order chi connectivity index (χ0) is 16.6. The summed E-state index contributed by atoms with van der Waals surface area (Å²) in [5.41, 5.74) is 7.19. The molecule has 0 aromatic heterocycles. The van der Waals surface area contributed by atoms with E-state index in [1.807, 2.05) is 4.90 Å². The molecule has 1 saturated carbocycles. The lowest BCUT2D eigenvalue weighted by Gasteiger charge is -2.41. The second-order valence-electron chi connectivity index (χ2n) is 7.18. The summed E-state index contributed by atoms with van der Waals surface area (Å²) in [6.45, 7) is 2.01. The Morgan fingerprint density at radius 2 is 1.96 bits per heavy atom. The molecule has 2 aliphatic heterocycles. The number of hydrazine groups is 1. The Balaban J connectivity index is 1.39. The lowest BCUT2D eigenvalue weighted by atomic mass is 9.98. The lowest BCUT2D eigenvalue weighted by molar-refractivity contribution is -0.151. The maximum absolute atomic E-state index is 13.1. The van der Waals surface area contributed by atoms with E-state index in [1.165, 1.54) is 25.0 Å². The molecule has 2 unspecified atom stereocenters. The minimum atomic E-state index is -0.243. The van der Waals surface area contributed by atoms with Gasteiger partial charge in [0.15, 0.2) is 0 Å². The highest BCUT2D eigenvalue weighted by Crippen LogP contribution is 2.36. The van der Waals surface area contributed by atoms with E-state index in [4.69, 9.17) is 4.74 Å². The van der Waals surface area contributed by atoms with Gasteiger partial charge < -0.3 is 9.64 Å². The van der Waals surface area contributed by atoms with Crippen molar-refractivity contribution in [2.24, 2.45) is 0 Å². The van der Waals surface area contributed by atoms with Crippen molar-refractivity contribution in [1.82, 2.24) is 15.8 Å². The molecule has 24 heavy (non-hydrogen) atoms. The van der Waals surface area contributed by atoms with E-state index in [0.29, 0.717) is 26.1 Å². The van der Waals surface area contributed by atoms with E-state index in [1.54, 1.807) is 12.1 Å². The molecule has 2 heterocycles. The number of hydrogen-bond donors (Lipinski definition) is 2. The number of halogens is 1. The Morgan fingerprint density at radius 1 is 1.21 bits per heavy atom. The van der Waals surface area contributed by atoms with Crippen molar-refractivity contribution in [2.45, 2.75) is 49.8 Å². The van der Waals surface area contributed by atoms with Crippen LogP contribution in [-0.2, 0) is 9.53 Å². The second-order valence-corrected chi connectivity index (χ2v) is 7.18. The third-order valence-corrected chi connectivity index (χ3v) is 5.55. The number of morpholine rings is 1. The normalized spacial score (nSPS) is 29.3. The van der Waals surface area contributed by atoms with E-state index in [9.17, 15) is 9.18 Å². The maximum Gasteiger partial charge on any atom is 0.241 e. The van der Waals surface area contributed by atoms with Crippen LogP contribution >= 0.6 is 0 Å². The summed E-state index contributed by atoms with van der Waals surface area (Å²) < 4.78 is 19.1. The molecule has 1 aliphatic carbocycles. The van der Waals surface area contributed by atoms with Crippen LogP contribution in [0, 0.1) is 5.82 Å². The summed E-state index contributed by atoms with van der Waals surface area (Å²) in [7, 11) is 0. The fraction of sp³-hybridized carbons (Fsp3) is 0.611. The highest BCUT2D eigenvalue weighted by atomic mass is 19.1. The minimum absolute atomic E-state index is 0.0287. The van der Waals surface area contributed by atoms with Gasteiger partial charge in [-0.1, -0.05) is 25.0 Å². The van der Waals surface area contributed by atoms with Crippen LogP contribution in [0.25, 0.3) is 0 Å². The molecular weight excluding hydrogens is 309 g/mol. The van der Waals surface area contributed by atoms with Crippen LogP contribution in [0.3, 0.4) is 0 Å². The van der Waals surface area contributed by atoms with E-state index in [-0.39, 0.29) is 29.4 Å². The largest absolute Gasteiger partial charge is 0.371 e. The van der Waals surface area contributed by atoms with Crippen molar-refractivity contribution < 1.29 is 13.9 Å². The van der Waals surface area contributed by atoms with Crippen molar-refractivity contribution in [3.63, 3.8) is 0 Å². The first kappa shape index (κ1) is 16.0. The monoisotopic (exact) mass is 333 g/mol. The Bertz CT molecular complexity index is 601. The number of rotatable bonds is 2. The summed E-state index contributed by atoms with van der Waals surface area (Å²) in [5.74, 6) is -0.103. The molecule has 130 valence electrons. The first-order chi connectivity index (χ1) is 11.7. The van der Waals surface area contributed by atoms with Gasteiger partial charge in [-0.2, -0.15) is 0 Å². The van der Waals surface area contributed by atoms with Gasteiger partial charge in [-0.3, -0.25) is 4.79 Å². The first-order valence-corrected chi connectivity index (χ1v) is 8.85. The van der Waals surface area contributed by atoms with Crippen LogP contribution in [-0.4, -0.2) is 42.1 Å². The molecule has 1 aromatic carbocycles. The second kappa shape index (κ2) is 6.43. The smallest absolute Gasteiger partial charge is 0.241 e. The number of amides is 1. The third-order valence-electron chi connectivity index (χ3n) is 5.55. The fourth-order valence-electron chi connectivity index (χ4n) is 4.21. The van der Waals surface area contributed by atoms with Crippen molar-refractivity contribution in [3.8, 4) is 0 Å². The molecule has 1 aromatic rings. The van der Waals surface area contributed by atoms with Crippen LogP contribution in [0.1, 0.15) is 43.7 Å². The zero-order valence-electron chi connectivity index (χ0n) is 13.8. The predicted octanol–water partition coefficient (Wildman–Crippen LogP) is 1.90. The molecular formula is C18H24FN3O2. The number of carbonyl (C=O) groups excluding carboxylic acids is 1. The van der Waals surface area contributed by atoms with Gasteiger partial charge >= 0.3 is 0 Å². The number of benzene rings is 1. The molecule has 1 spiro atoms. The Labute approximate surface area is 141 Å². The molecule has 3 fully saturated rings. The summed E-state index contributed by atoms with van der Waals surface area (Å²) >= 11 is 0.